The Balaban J connectivity index is 1.39. The van der Waals surface area contributed by atoms with E-state index >= 15 is 4.39 Å². The quantitative estimate of drug-likeness (QED) is 0.261. The number of benzene rings is 1. The van der Waals surface area contributed by atoms with Crippen LogP contribution in [0.4, 0.5) is 13.2 Å². The Labute approximate surface area is 225 Å². The zero-order valence-corrected chi connectivity index (χ0v) is 22.0. The molecule has 0 unspecified atom stereocenters. The van der Waals surface area contributed by atoms with Crippen LogP contribution in [0.15, 0.2) is 48.9 Å². The molecule has 0 saturated carbocycles. The van der Waals surface area contributed by atoms with E-state index in [1.165, 1.54) is 56.6 Å². The molecule has 1 aromatic carbocycles. The maximum atomic E-state index is 15.1. The van der Waals surface area contributed by atoms with E-state index < -0.39 is 37.8 Å². The van der Waals surface area contributed by atoms with Gasteiger partial charge in [0.2, 0.25) is 0 Å². The van der Waals surface area contributed by atoms with Crippen LogP contribution in [0.2, 0.25) is 0 Å². The van der Waals surface area contributed by atoms with Crippen LogP contribution < -0.4 is 10.1 Å². The number of aryl methyl sites for hydroxylation is 1. The van der Waals surface area contributed by atoms with Gasteiger partial charge in [-0.1, -0.05) is 6.07 Å². The Bertz CT molecular complexity index is 1640. The van der Waals surface area contributed by atoms with Crippen molar-refractivity contribution in [3.05, 3.63) is 77.5 Å². The maximum absolute atomic E-state index is 15.1. The number of nitrogens with zero attached hydrogens (tertiary/aromatic N) is 4. The van der Waals surface area contributed by atoms with Gasteiger partial charge >= 0.3 is 14.4 Å². The molecule has 1 aliphatic carbocycles. The summed E-state index contributed by atoms with van der Waals surface area (Å²) in [5.41, 5.74) is 0.773. The first-order valence-corrected chi connectivity index (χ1v) is 13.5. The molecule has 0 fully saturated rings. The molecule has 0 spiro atoms. The van der Waals surface area contributed by atoms with Crippen LogP contribution in [-0.2, 0) is 21.1 Å². The number of rotatable bonds is 8. The number of hydrogen-bond acceptors (Lipinski definition) is 7. The third kappa shape index (κ3) is 5.70. The summed E-state index contributed by atoms with van der Waals surface area (Å²) >= 11 is 0. The summed E-state index contributed by atoms with van der Waals surface area (Å²) in [7, 11) is -4.81. The number of carbonyl (C=O) groups is 1. The fourth-order valence-corrected chi connectivity index (χ4v) is 5.28. The van der Waals surface area contributed by atoms with E-state index in [1.807, 2.05) is 0 Å². The molecule has 0 saturated heterocycles. The molecule has 3 heterocycles. The average Bonchev–Trinajstić information content (AvgIpc) is 3.41. The molecule has 11 nitrogen and oxygen atoms in total. The summed E-state index contributed by atoms with van der Waals surface area (Å²) in [6, 6.07) is 6.21. The highest BCUT2D eigenvalue weighted by molar-refractivity contribution is 7.46. The van der Waals surface area contributed by atoms with Gasteiger partial charge in [0.15, 0.2) is 5.82 Å². The highest BCUT2D eigenvalue weighted by Crippen LogP contribution is 2.44. The monoisotopic (exact) mass is 577 g/mol. The predicted octanol–water partition coefficient (Wildman–Crippen LogP) is 4.29. The minimum Gasteiger partial charge on any atom is -0.435 e. The number of aromatic nitrogens is 4. The molecule has 210 valence electrons. The standard InChI is InChI=1S/C25H23F3N5O6P/c1-25(2,39-40(35,36)37)23-29-10-14(11-30-23)16-12-33-19-7-6-18(21(19)32-20(33)9-17(16)26)31-22(34)13-4-3-5-15(8-13)38-24(27)28/h3-5,8-12,18,24H,6-7H2,1-2H3,(H,31,34)(H2,35,36,37)/t18-/m1/s1. The van der Waals surface area contributed by atoms with Crippen molar-refractivity contribution in [2.45, 2.75) is 44.9 Å². The van der Waals surface area contributed by atoms with Crippen LogP contribution in [0.5, 0.6) is 5.75 Å². The molecule has 1 aliphatic rings. The minimum atomic E-state index is -4.81. The second-order valence-corrected chi connectivity index (χ2v) is 10.7. The molecular formula is C25H23F3N5O6P. The summed E-state index contributed by atoms with van der Waals surface area (Å²) in [5, 5.41) is 2.85. The Morgan fingerprint density at radius 3 is 2.62 bits per heavy atom. The molecule has 4 aromatic rings. The summed E-state index contributed by atoms with van der Waals surface area (Å²) in [4.78, 5) is 43.8. The number of halogens is 3. The lowest BCUT2D eigenvalue weighted by atomic mass is 10.1. The lowest BCUT2D eigenvalue weighted by Gasteiger charge is -2.23. The number of nitrogens with one attached hydrogen (secondary N) is 1. The Morgan fingerprint density at radius 1 is 1.23 bits per heavy atom. The van der Waals surface area contributed by atoms with Gasteiger partial charge in [0.1, 0.15) is 22.8 Å². The van der Waals surface area contributed by atoms with E-state index in [4.69, 9.17) is 14.3 Å². The summed E-state index contributed by atoms with van der Waals surface area (Å²) in [5.74, 6) is -1.24. The normalized spacial score (nSPS) is 15.4. The zero-order valence-electron chi connectivity index (χ0n) is 21.1. The van der Waals surface area contributed by atoms with Crippen LogP contribution >= 0.6 is 7.82 Å². The smallest absolute Gasteiger partial charge is 0.435 e. The average molecular weight is 577 g/mol. The molecule has 1 amide bonds. The predicted molar refractivity (Wildman–Crippen MR) is 134 cm³/mol. The Hall–Kier alpha value is -3.84. The number of fused-ring (bicyclic) bond motifs is 3. The largest absolute Gasteiger partial charge is 0.470 e. The van der Waals surface area contributed by atoms with Crippen LogP contribution in [0.25, 0.3) is 16.8 Å². The highest BCUT2D eigenvalue weighted by Gasteiger charge is 2.34. The van der Waals surface area contributed by atoms with Gasteiger partial charge in [0, 0.05) is 47.0 Å². The van der Waals surface area contributed by atoms with Crippen molar-refractivity contribution in [1.82, 2.24) is 24.7 Å². The SMILES string of the molecule is CC(C)(OP(=O)(O)O)c1ncc(-c2cn3c4c(nc3cc2F)[C@H](NC(=O)c2cccc(OC(F)F)c2)CC4)cn1. The molecule has 3 aromatic heterocycles. The number of alkyl halides is 2. The van der Waals surface area contributed by atoms with Gasteiger partial charge in [-0.05, 0) is 44.9 Å². The second kappa shape index (κ2) is 10.3. The van der Waals surface area contributed by atoms with Crippen molar-refractivity contribution in [1.29, 1.82) is 0 Å². The summed E-state index contributed by atoms with van der Waals surface area (Å²) in [6.45, 7) is -0.228. The van der Waals surface area contributed by atoms with Crippen LogP contribution in [0.1, 0.15) is 53.9 Å². The van der Waals surface area contributed by atoms with Crippen molar-refractivity contribution in [2.24, 2.45) is 0 Å². The van der Waals surface area contributed by atoms with Gasteiger partial charge in [-0.2, -0.15) is 8.78 Å². The Kier molecular flexibility index (Phi) is 7.13. The van der Waals surface area contributed by atoms with Gasteiger partial charge in [-0.3, -0.25) is 9.32 Å². The molecule has 1 atom stereocenters. The van der Waals surface area contributed by atoms with Crippen molar-refractivity contribution in [2.75, 3.05) is 0 Å². The number of ether oxygens (including phenoxy) is 1. The van der Waals surface area contributed by atoms with Crippen molar-refractivity contribution >= 4 is 19.4 Å². The molecule has 5 rings (SSSR count). The van der Waals surface area contributed by atoms with E-state index in [0.717, 1.165) is 5.69 Å². The van der Waals surface area contributed by atoms with Gasteiger partial charge in [-0.15, -0.1) is 0 Å². The fraction of sp³-hybridized carbons (Fsp3) is 0.280. The van der Waals surface area contributed by atoms with E-state index in [2.05, 4.69) is 25.0 Å². The minimum absolute atomic E-state index is 0.00512. The molecule has 40 heavy (non-hydrogen) atoms. The van der Waals surface area contributed by atoms with Crippen LogP contribution in [0.3, 0.4) is 0 Å². The maximum Gasteiger partial charge on any atom is 0.470 e. The van der Waals surface area contributed by atoms with Crippen molar-refractivity contribution in [3.63, 3.8) is 0 Å². The number of imidazole rings is 1. The number of amides is 1. The fourth-order valence-electron chi connectivity index (χ4n) is 4.60. The summed E-state index contributed by atoms with van der Waals surface area (Å²) < 4.78 is 62.3. The van der Waals surface area contributed by atoms with Gasteiger partial charge in [-0.25, -0.2) is 23.9 Å². The molecular weight excluding hydrogens is 554 g/mol. The van der Waals surface area contributed by atoms with Gasteiger partial charge in [0.25, 0.3) is 5.91 Å². The van der Waals surface area contributed by atoms with Crippen LogP contribution in [-0.4, -0.2) is 41.7 Å². The van der Waals surface area contributed by atoms with Gasteiger partial charge < -0.3 is 24.2 Å². The zero-order chi connectivity index (χ0) is 28.8. The number of carbonyl (C=O) groups excluding carboxylic acids is 1. The van der Waals surface area contributed by atoms with Gasteiger partial charge in [0.05, 0.1) is 11.7 Å². The first kappa shape index (κ1) is 27.7. The molecule has 0 aliphatic heterocycles. The number of pyridine rings is 1. The van der Waals surface area contributed by atoms with E-state index in [0.29, 0.717) is 29.7 Å². The highest BCUT2D eigenvalue weighted by atomic mass is 31.2. The molecule has 3 N–H and O–H groups in total. The lowest BCUT2D eigenvalue weighted by Crippen LogP contribution is -2.27. The number of phosphoric acid groups is 1. The first-order valence-electron chi connectivity index (χ1n) is 12.0. The molecule has 15 heteroatoms. The number of phosphoric ester groups is 1. The number of hydrogen-bond donors (Lipinski definition) is 3. The molecule has 0 bridgehead atoms. The third-order valence-corrected chi connectivity index (χ3v) is 7.01. The second-order valence-electron chi connectivity index (χ2n) is 9.57. The van der Waals surface area contributed by atoms with E-state index in [-0.39, 0.29) is 22.7 Å². The van der Waals surface area contributed by atoms with E-state index in [9.17, 15) is 18.1 Å². The van der Waals surface area contributed by atoms with Crippen molar-refractivity contribution < 1.29 is 41.6 Å². The third-order valence-electron chi connectivity index (χ3n) is 6.31. The van der Waals surface area contributed by atoms with Crippen LogP contribution in [0, 0.1) is 5.82 Å². The first-order chi connectivity index (χ1) is 18.8. The summed E-state index contributed by atoms with van der Waals surface area (Å²) in [6.07, 6.45) is 5.25. The van der Waals surface area contributed by atoms with E-state index in [1.54, 1.807) is 10.6 Å². The molecule has 0 radical (unpaired) electrons. The Morgan fingerprint density at radius 2 is 1.95 bits per heavy atom. The van der Waals surface area contributed by atoms with Crippen molar-refractivity contribution in [3.8, 4) is 16.9 Å². The lowest BCUT2D eigenvalue weighted by molar-refractivity contribution is -0.0499. The topological polar surface area (TPSA) is 148 Å².